The van der Waals surface area contributed by atoms with Crippen LogP contribution in [0.3, 0.4) is 0 Å². The van der Waals surface area contributed by atoms with Crippen LogP contribution in [0.25, 0.3) is 0 Å². The Balaban J connectivity index is 1.97. The van der Waals surface area contributed by atoms with Crippen LogP contribution in [-0.4, -0.2) is 23.7 Å². The van der Waals surface area contributed by atoms with Gasteiger partial charge in [0.2, 0.25) is 5.91 Å². The summed E-state index contributed by atoms with van der Waals surface area (Å²) < 4.78 is 0. The molecule has 0 atom stereocenters. The second kappa shape index (κ2) is 5.01. The fourth-order valence-electron chi connectivity index (χ4n) is 0.892. The average Bonchev–Trinajstić information content (AvgIpc) is 2.82. The molecule has 0 radical (unpaired) electrons. The fraction of sp³-hybridized carbons (Fsp3) is 0.750. The Morgan fingerprint density at radius 1 is 1.67 bits per heavy atom. The molecule has 4 heteroatoms. The predicted octanol–water partition coefficient (Wildman–Crippen LogP) is 1.15. The quantitative estimate of drug-likeness (QED) is 0.395. The second-order valence-corrected chi connectivity index (χ2v) is 3.10. The van der Waals surface area contributed by atoms with Crippen LogP contribution in [0.2, 0.25) is 0 Å². The van der Waals surface area contributed by atoms with E-state index in [2.05, 4.69) is 27.7 Å². The smallest absolute Gasteiger partial charge is 0.220 e. The summed E-state index contributed by atoms with van der Waals surface area (Å²) in [6, 6.07) is 0.464. The van der Waals surface area contributed by atoms with E-state index in [0.717, 1.165) is 19.3 Å². The molecule has 1 saturated carbocycles. The number of rotatable bonds is 5. The summed E-state index contributed by atoms with van der Waals surface area (Å²) in [5.41, 5.74) is 0. The molecule has 1 fully saturated rings. The number of hydrogen-bond donors (Lipinski definition) is 1. The van der Waals surface area contributed by atoms with Crippen LogP contribution in [0.4, 0.5) is 0 Å². The average molecular weight is 184 g/mol. The molecule has 0 saturated heterocycles. The van der Waals surface area contributed by atoms with Crippen molar-refractivity contribution in [2.75, 3.05) is 6.54 Å². The molecule has 66 valence electrons. The van der Waals surface area contributed by atoms with Crippen molar-refractivity contribution in [2.45, 2.75) is 31.7 Å². The molecule has 12 heavy (non-hydrogen) atoms. The molecule has 1 amide bonds. The van der Waals surface area contributed by atoms with Crippen molar-refractivity contribution in [3.63, 3.8) is 0 Å². The van der Waals surface area contributed by atoms with E-state index in [0.29, 0.717) is 19.0 Å². The van der Waals surface area contributed by atoms with E-state index in [9.17, 15) is 4.79 Å². The normalized spacial score (nSPS) is 15.0. The minimum atomic E-state index is 0.136. The lowest BCUT2D eigenvalue weighted by atomic mass is 10.3. The van der Waals surface area contributed by atoms with Crippen molar-refractivity contribution < 1.29 is 4.79 Å². The summed E-state index contributed by atoms with van der Waals surface area (Å²) in [5.74, 6) is 0.136. The summed E-state index contributed by atoms with van der Waals surface area (Å²) in [6.45, 7) is 0.613. The number of carbonyl (C=O) groups excluding carboxylic acids is 1. The van der Waals surface area contributed by atoms with E-state index in [-0.39, 0.29) is 5.91 Å². The molecule has 0 aromatic carbocycles. The maximum atomic E-state index is 11.1. The monoisotopic (exact) mass is 184 g/mol. The Morgan fingerprint density at radius 3 is 3.00 bits per heavy atom. The molecular formula is C8H12N2OS. The first kappa shape index (κ1) is 9.36. The summed E-state index contributed by atoms with van der Waals surface area (Å²) in [5, 5.41) is 5.17. The maximum absolute atomic E-state index is 11.1. The fourth-order valence-corrected chi connectivity index (χ4v) is 0.983. The summed E-state index contributed by atoms with van der Waals surface area (Å²) in [7, 11) is 0. The topological polar surface area (TPSA) is 41.5 Å². The minimum absolute atomic E-state index is 0.136. The van der Waals surface area contributed by atoms with Crippen molar-refractivity contribution in [3.05, 3.63) is 0 Å². The van der Waals surface area contributed by atoms with Gasteiger partial charge in [-0.2, -0.15) is 0 Å². The van der Waals surface area contributed by atoms with Crippen molar-refractivity contribution in [1.82, 2.24) is 5.32 Å². The molecule has 1 rings (SSSR count). The highest BCUT2D eigenvalue weighted by atomic mass is 32.1. The number of carbonyl (C=O) groups is 1. The summed E-state index contributed by atoms with van der Waals surface area (Å²) >= 11 is 4.39. The zero-order valence-corrected chi connectivity index (χ0v) is 7.69. The van der Waals surface area contributed by atoms with Crippen molar-refractivity contribution in [1.29, 1.82) is 0 Å². The van der Waals surface area contributed by atoms with Crippen LogP contribution < -0.4 is 5.32 Å². The molecule has 0 aliphatic heterocycles. The predicted molar refractivity (Wildman–Crippen MR) is 50.3 cm³/mol. The Kier molecular flexibility index (Phi) is 3.91. The highest BCUT2D eigenvalue weighted by Gasteiger charge is 2.22. The van der Waals surface area contributed by atoms with E-state index in [4.69, 9.17) is 0 Å². The lowest BCUT2D eigenvalue weighted by Gasteiger charge is -2.00. The third-order valence-electron chi connectivity index (χ3n) is 1.68. The number of nitrogens with one attached hydrogen (secondary N) is 1. The summed E-state index contributed by atoms with van der Waals surface area (Å²) in [6.07, 6.45) is 3.60. The zero-order valence-electron chi connectivity index (χ0n) is 6.88. The van der Waals surface area contributed by atoms with Gasteiger partial charge in [-0.05, 0) is 31.5 Å². The Labute approximate surface area is 77.3 Å². The van der Waals surface area contributed by atoms with Gasteiger partial charge < -0.3 is 5.32 Å². The molecule has 0 unspecified atom stereocenters. The molecule has 1 N–H and O–H groups in total. The highest BCUT2D eigenvalue weighted by Crippen LogP contribution is 2.18. The van der Waals surface area contributed by atoms with Gasteiger partial charge in [0, 0.05) is 19.0 Å². The maximum Gasteiger partial charge on any atom is 0.220 e. The number of hydrogen-bond acceptors (Lipinski definition) is 3. The molecule has 1 aliphatic rings. The largest absolute Gasteiger partial charge is 0.353 e. The van der Waals surface area contributed by atoms with Gasteiger partial charge in [-0.1, -0.05) is 0 Å². The first-order chi connectivity index (χ1) is 5.83. The van der Waals surface area contributed by atoms with Crippen LogP contribution in [0.15, 0.2) is 4.99 Å². The van der Waals surface area contributed by atoms with Crippen LogP contribution in [0, 0.1) is 0 Å². The van der Waals surface area contributed by atoms with Gasteiger partial charge in [-0.3, -0.25) is 4.79 Å². The molecule has 1 aliphatic carbocycles. The SMILES string of the molecule is O=C(CCCN=C=S)NC1CC1. The molecule has 0 spiro atoms. The van der Waals surface area contributed by atoms with Crippen molar-refractivity contribution in [3.8, 4) is 0 Å². The molecule has 0 heterocycles. The second-order valence-electron chi connectivity index (χ2n) is 2.92. The number of aliphatic imine (C=N–C) groups is 1. The molecule has 3 nitrogen and oxygen atoms in total. The zero-order chi connectivity index (χ0) is 8.81. The molecule has 0 aromatic heterocycles. The van der Waals surface area contributed by atoms with Gasteiger partial charge in [0.05, 0.1) is 5.16 Å². The number of thiocarbonyl (C=S) groups is 1. The lowest BCUT2D eigenvalue weighted by molar-refractivity contribution is -0.121. The van der Waals surface area contributed by atoms with E-state index >= 15 is 0 Å². The van der Waals surface area contributed by atoms with Gasteiger partial charge in [-0.15, -0.1) is 0 Å². The van der Waals surface area contributed by atoms with Crippen LogP contribution in [0.5, 0.6) is 0 Å². The lowest BCUT2D eigenvalue weighted by Crippen LogP contribution is -2.25. The van der Waals surface area contributed by atoms with E-state index in [1.807, 2.05) is 0 Å². The first-order valence-electron chi connectivity index (χ1n) is 4.16. The third kappa shape index (κ3) is 4.21. The van der Waals surface area contributed by atoms with Gasteiger partial charge in [0.1, 0.15) is 0 Å². The van der Waals surface area contributed by atoms with Crippen LogP contribution in [-0.2, 0) is 4.79 Å². The number of isothiocyanates is 1. The van der Waals surface area contributed by atoms with Crippen LogP contribution >= 0.6 is 12.2 Å². The first-order valence-corrected chi connectivity index (χ1v) is 4.57. The Hall–Kier alpha value is -0.730. The summed E-state index contributed by atoms with van der Waals surface area (Å²) in [4.78, 5) is 14.8. The van der Waals surface area contributed by atoms with E-state index in [1.54, 1.807) is 0 Å². The Morgan fingerprint density at radius 2 is 2.42 bits per heavy atom. The van der Waals surface area contributed by atoms with Crippen LogP contribution in [0.1, 0.15) is 25.7 Å². The van der Waals surface area contributed by atoms with Gasteiger partial charge in [-0.25, -0.2) is 4.99 Å². The Bertz CT molecular complexity index is 207. The minimum Gasteiger partial charge on any atom is -0.353 e. The van der Waals surface area contributed by atoms with Gasteiger partial charge in [0.25, 0.3) is 0 Å². The van der Waals surface area contributed by atoms with E-state index in [1.165, 1.54) is 0 Å². The number of nitrogens with zero attached hydrogens (tertiary/aromatic N) is 1. The van der Waals surface area contributed by atoms with Gasteiger partial charge in [0.15, 0.2) is 0 Å². The van der Waals surface area contributed by atoms with Crippen molar-refractivity contribution >= 4 is 23.3 Å². The standard InChI is InChI=1S/C8H12N2OS/c11-8(10-7-3-4-7)2-1-5-9-6-12/h7H,1-5H2,(H,10,11). The number of amides is 1. The highest BCUT2D eigenvalue weighted by molar-refractivity contribution is 7.78. The van der Waals surface area contributed by atoms with E-state index < -0.39 is 0 Å². The van der Waals surface area contributed by atoms with Crippen molar-refractivity contribution in [2.24, 2.45) is 4.99 Å². The molecule has 0 aromatic rings. The molecule has 0 bridgehead atoms. The van der Waals surface area contributed by atoms with Gasteiger partial charge >= 0.3 is 0 Å². The molecular weight excluding hydrogens is 172 g/mol. The third-order valence-corrected chi connectivity index (χ3v) is 1.81.